The molecule has 1 aliphatic rings. The van der Waals surface area contributed by atoms with Crippen molar-refractivity contribution in [2.45, 2.75) is 59.1 Å². The van der Waals surface area contributed by atoms with Crippen LogP contribution in [0.3, 0.4) is 0 Å². The summed E-state index contributed by atoms with van der Waals surface area (Å²) in [5.41, 5.74) is 2.34. The van der Waals surface area contributed by atoms with Crippen LogP contribution in [0.15, 0.2) is 35.6 Å². The van der Waals surface area contributed by atoms with E-state index in [2.05, 4.69) is 15.5 Å². The molecule has 6 heteroatoms. The largest absolute Gasteiger partial charge is 0.390 e. The standard InChI is InChI=1S/C24H27F2N3O/c1-13-12-27-22-14(13)8-7-9-15(22)19-16(25)10-17-20(21(19)26)18(11-24(5,6)28-17)29-30-23(2,3)4/h7-10,12,27-28H,11H2,1-6H3/b29-18-. The van der Waals surface area contributed by atoms with Crippen molar-refractivity contribution in [3.63, 3.8) is 0 Å². The molecule has 0 unspecified atom stereocenters. The number of oxime groups is 1. The first-order chi connectivity index (χ1) is 14.0. The van der Waals surface area contributed by atoms with Crippen molar-refractivity contribution in [2.24, 2.45) is 5.16 Å². The van der Waals surface area contributed by atoms with Gasteiger partial charge in [-0.05, 0) is 53.2 Å². The van der Waals surface area contributed by atoms with Crippen molar-refractivity contribution < 1.29 is 13.6 Å². The Morgan fingerprint density at radius 1 is 1.13 bits per heavy atom. The number of benzene rings is 2. The smallest absolute Gasteiger partial charge is 0.145 e. The summed E-state index contributed by atoms with van der Waals surface area (Å²) in [7, 11) is 0. The fourth-order valence-corrected chi connectivity index (χ4v) is 3.94. The quantitative estimate of drug-likeness (QED) is 0.471. The summed E-state index contributed by atoms with van der Waals surface area (Å²) in [6, 6.07) is 6.84. The molecule has 4 nitrogen and oxygen atoms in total. The number of hydrogen-bond donors (Lipinski definition) is 2. The van der Waals surface area contributed by atoms with E-state index in [-0.39, 0.29) is 11.1 Å². The van der Waals surface area contributed by atoms with Crippen molar-refractivity contribution >= 4 is 22.3 Å². The highest BCUT2D eigenvalue weighted by atomic mass is 19.1. The van der Waals surface area contributed by atoms with Crippen molar-refractivity contribution in [3.8, 4) is 11.1 Å². The van der Waals surface area contributed by atoms with Gasteiger partial charge in [0.1, 0.15) is 17.2 Å². The van der Waals surface area contributed by atoms with E-state index in [1.54, 1.807) is 6.07 Å². The molecule has 3 aromatic rings. The molecule has 2 aromatic carbocycles. The molecule has 0 atom stereocenters. The highest BCUT2D eigenvalue weighted by Gasteiger charge is 2.35. The van der Waals surface area contributed by atoms with E-state index in [9.17, 15) is 0 Å². The van der Waals surface area contributed by atoms with Crippen LogP contribution in [-0.2, 0) is 4.84 Å². The van der Waals surface area contributed by atoms with Gasteiger partial charge in [-0.3, -0.25) is 0 Å². The minimum Gasteiger partial charge on any atom is -0.390 e. The van der Waals surface area contributed by atoms with Gasteiger partial charge in [-0.2, -0.15) is 0 Å². The Morgan fingerprint density at radius 3 is 2.57 bits per heavy atom. The number of H-pyrrole nitrogens is 1. The Hall–Kier alpha value is -2.89. The molecule has 0 bridgehead atoms. The molecule has 0 spiro atoms. The topological polar surface area (TPSA) is 49.4 Å². The van der Waals surface area contributed by atoms with Gasteiger partial charge in [-0.1, -0.05) is 23.4 Å². The number of nitrogens with one attached hydrogen (secondary N) is 2. The van der Waals surface area contributed by atoms with Crippen LogP contribution >= 0.6 is 0 Å². The molecule has 158 valence electrons. The van der Waals surface area contributed by atoms with Gasteiger partial charge < -0.3 is 15.1 Å². The average molecular weight is 411 g/mol. The van der Waals surface area contributed by atoms with Gasteiger partial charge in [0.2, 0.25) is 0 Å². The molecule has 30 heavy (non-hydrogen) atoms. The van der Waals surface area contributed by atoms with Gasteiger partial charge in [0.25, 0.3) is 0 Å². The van der Waals surface area contributed by atoms with E-state index in [4.69, 9.17) is 4.84 Å². The van der Waals surface area contributed by atoms with Gasteiger partial charge in [-0.15, -0.1) is 0 Å². The predicted octanol–water partition coefficient (Wildman–Crippen LogP) is 6.53. The van der Waals surface area contributed by atoms with Gasteiger partial charge in [0, 0.05) is 34.8 Å². The first-order valence-electron chi connectivity index (χ1n) is 10.1. The summed E-state index contributed by atoms with van der Waals surface area (Å²) in [5.74, 6) is -1.25. The normalized spacial score (nSPS) is 17.1. The summed E-state index contributed by atoms with van der Waals surface area (Å²) >= 11 is 0. The minimum atomic E-state index is -0.635. The van der Waals surface area contributed by atoms with Gasteiger partial charge in [0.15, 0.2) is 0 Å². The molecular formula is C24H27F2N3O. The van der Waals surface area contributed by atoms with E-state index in [1.165, 1.54) is 6.07 Å². The van der Waals surface area contributed by atoms with E-state index in [0.717, 1.165) is 10.9 Å². The number of hydrogen-bond acceptors (Lipinski definition) is 3. The molecule has 0 saturated heterocycles. The van der Waals surface area contributed by atoms with Crippen LogP contribution in [0.2, 0.25) is 0 Å². The number of nitrogens with zero attached hydrogens (tertiary/aromatic N) is 1. The predicted molar refractivity (Wildman–Crippen MR) is 118 cm³/mol. The van der Waals surface area contributed by atoms with Gasteiger partial charge in [-0.25, -0.2) is 8.78 Å². The van der Waals surface area contributed by atoms with Crippen LogP contribution < -0.4 is 5.32 Å². The number of fused-ring (bicyclic) bond motifs is 2. The first-order valence-corrected chi connectivity index (χ1v) is 10.1. The number of aromatic amines is 1. The Bertz CT molecular complexity index is 1170. The van der Waals surface area contributed by atoms with Crippen LogP contribution in [-0.4, -0.2) is 21.8 Å². The first kappa shape index (κ1) is 20.4. The molecule has 2 N–H and O–H groups in total. The summed E-state index contributed by atoms with van der Waals surface area (Å²) in [6.07, 6.45) is 2.29. The zero-order valence-corrected chi connectivity index (χ0v) is 18.2. The molecular weight excluding hydrogens is 384 g/mol. The molecule has 1 aromatic heterocycles. The average Bonchev–Trinajstić information content (AvgIpc) is 3.00. The van der Waals surface area contributed by atoms with Gasteiger partial charge >= 0.3 is 0 Å². The third-order valence-electron chi connectivity index (χ3n) is 5.21. The lowest BCUT2D eigenvalue weighted by molar-refractivity contribution is 0.000463. The third-order valence-corrected chi connectivity index (χ3v) is 5.21. The maximum absolute atomic E-state index is 15.9. The zero-order valence-electron chi connectivity index (χ0n) is 18.2. The minimum absolute atomic E-state index is 0.0637. The highest BCUT2D eigenvalue weighted by Crippen LogP contribution is 2.40. The summed E-state index contributed by atoms with van der Waals surface area (Å²) in [4.78, 5) is 8.77. The van der Waals surface area contributed by atoms with Crippen LogP contribution in [0.1, 0.15) is 52.2 Å². The number of halogens is 2. The van der Waals surface area contributed by atoms with Crippen LogP contribution in [0.5, 0.6) is 0 Å². The number of anilines is 1. The fraction of sp³-hybridized carbons (Fsp3) is 0.375. The van der Waals surface area contributed by atoms with E-state index < -0.39 is 22.8 Å². The van der Waals surface area contributed by atoms with Crippen molar-refractivity contribution in [3.05, 3.63) is 53.2 Å². The van der Waals surface area contributed by atoms with Crippen LogP contribution in [0.4, 0.5) is 14.5 Å². The SMILES string of the molecule is Cc1c[nH]c2c(-c3c(F)cc4c(c3F)/C(=N\OC(C)(C)C)CC(C)(C)N4)cccc12. The molecule has 0 aliphatic carbocycles. The summed E-state index contributed by atoms with van der Waals surface area (Å²) in [6.45, 7) is 11.5. The Balaban J connectivity index is 1.96. The van der Waals surface area contributed by atoms with Crippen molar-refractivity contribution in [1.29, 1.82) is 0 Å². The zero-order chi connectivity index (χ0) is 21.8. The van der Waals surface area contributed by atoms with E-state index >= 15 is 8.78 Å². The van der Waals surface area contributed by atoms with Gasteiger partial charge in [0.05, 0.1) is 22.4 Å². The second-order valence-electron chi connectivity index (χ2n) is 9.60. The molecule has 4 rings (SSSR count). The lowest BCUT2D eigenvalue weighted by atomic mass is 9.85. The van der Waals surface area contributed by atoms with E-state index in [0.29, 0.717) is 28.9 Å². The maximum atomic E-state index is 15.9. The van der Waals surface area contributed by atoms with E-state index in [1.807, 2.05) is 59.9 Å². The number of para-hydroxylation sites is 1. The highest BCUT2D eigenvalue weighted by molar-refractivity contribution is 6.09. The Morgan fingerprint density at radius 2 is 1.87 bits per heavy atom. The lowest BCUT2D eigenvalue weighted by Gasteiger charge is -2.35. The van der Waals surface area contributed by atoms with Crippen molar-refractivity contribution in [1.82, 2.24) is 4.98 Å². The second-order valence-corrected chi connectivity index (χ2v) is 9.60. The molecule has 2 heterocycles. The number of aryl methyl sites for hydroxylation is 1. The lowest BCUT2D eigenvalue weighted by Crippen LogP contribution is -2.39. The maximum Gasteiger partial charge on any atom is 0.145 e. The second kappa shape index (κ2) is 6.83. The Labute approximate surface area is 175 Å². The van der Waals surface area contributed by atoms with Crippen LogP contribution in [0.25, 0.3) is 22.0 Å². The van der Waals surface area contributed by atoms with Crippen LogP contribution in [0, 0.1) is 18.6 Å². The monoisotopic (exact) mass is 411 g/mol. The molecule has 0 radical (unpaired) electrons. The summed E-state index contributed by atoms with van der Waals surface area (Å²) in [5, 5.41) is 8.47. The van der Waals surface area contributed by atoms with Crippen molar-refractivity contribution in [2.75, 3.05) is 5.32 Å². The third kappa shape index (κ3) is 3.55. The summed E-state index contributed by atoms with van der Waals surface area (Å²) < 4.78 is 31.2. The number of aromatic nitrogens is 1. The number of rotatable bonds is 2. The molecule has 0 fully saturated rings. The molecule has 0 amide bonds. The fourth-order valence-electron chi connectivity index (χ4n) is 3.94. The molecule has 1 aliphatic heterocycles. The Kier molecular flexibility index (Phi) is 4.64. The molecule has 0 saturated carbocycles.